The number of hydrogen-bond acceptors (Lipinski definition) is 4. The van der Waals surface area contributed by atoms with Gasteiger partial charge in [-0.25, -0.2) is 4.79 Å². The normalized spacial score (nSPS) is 11.4. The van der Waals surface area contributed by atoms with Gasteiger partial charge in [0.15, 0.2) is 0 Å². The smallest absolute Gasteiger partial charge is 0.337 e. The van der Waals surface area contributed by atoms with Crippen molar-refractivity contribution in [1.82, 2.24) is 4.90 Å². The molecule has 0 aromatic heterocycles. The second-order valence-corrected chi connectivity index (χ2v) is 5.91. The molecule has 5 nitrogen and oxygen atoms in total. The molecular weight excluding hydrogens is 266 g/mol. The van der Waals surface area contributed by atoms with Crippen LogP contribution < -0.4 is 11.1 Å². The number of nitrogens with zero attached hydrogens (tertiary/aromatic N) is 1. The average molecular weight is 293 g/mol. The van der Waals surface area contributed by atoms with Gasteiger partial charge >= 0.3 is 5.97 Å². The number of carboxylic acids is 1. The van der Waals surface area contributed by atoms with E-state index in [4.69, 9.17) is 10.8 Å². The minimum absolute atomic E-state index is 0.155. The number of aryl methyl sites for hydroxylation is 1. The zero-order valence-corrected chi connectivity index (χ0v) is 13.6. The van der Waals surface area contributed by atoms with Gasteiger partial charge in [-0.2, -0.15) is 0 Å². The number of hydrogen-bond donors (Lipinski definition) is 3. The van der Waals surface area contributed by atoms with Crippen molar-refractivity contribution < 1.29 is 9.90 Å². The molecule has 0 unspecified atom stereocenters. The third-order valence-electron chi connectivity index (χ3n) is 3.64. The number of carboxylic acid groups (broad SMARTS) is 1. The van der Waals surface area contributed by atoms with Gasteiger partial charge in [-0.3, -0.25) is 4.90 Å². The van der Waals surface area contributed by atoms with Gasteiger partial charge in [0.2, 0.25) is 0 Å². The largest absolute Gasteiger partial charge is 0.478 e. The molecule has 21 heavy (non-hydrogen) atoms. The van der Waals surface area contributed by atoms with Crippen LogP contribution in [0, 0.1) is 6.92 Å². The number of rotatable bonds is 7. The summed E-state index contributed by atoms with van der Waals surface area (Å²) in [5.74, 6) is -0.995. The van der Waals surface area contributed by atoms with Crippen molar-refractivity contribution >= 4 is 17.3 Å². The van der Waals surface area contributed by atoms with Crippen LogP contribution in [0.15, 0.2) is 12.1 Å². The monoisotopic (exact) mass is 293 g/mol. The van der Waals surface area contributed by atoms with Gasteiger partial charge in [0, 0.05) is 36.5 Å². The van der Waals surface area contributed by atoms with Crippen LogP contribution in [0.3, 0.4) is 0 Å². The standard InChI is InChI=1S/C16H27N3O2/c1-10(2)19(11(3)4)7-6-18-13-8-12(5)15(17)14(9-13)16(20)21/h8-11,18H,6-7,17H2,1-5H3,(H,20,21). The minimum atomic E-state index is -0.995. The zero-order valence-electron chi connectivity index (χ0n) is 13.6. The number of nitrogens with one attached hydrogen (secondary N) is 1. The van der Waals surface area contributed by atoms with E-state index in [2.05, 4.69) is 37.9 Å². The van der Waals surface area contributed by atoms with Crippen LogP contribution in [0.5, 0.6) is 0 Å². The molecule has 0 heterocycles. The molecule has 0 amide bonds. The lowest BCUT2D eigenvalue weighted by atomic mass is 10.1. The van der Waals surface area contributed by atoms with Crippen LogP contribution in [0.2, 0.25) is 0 Å². The molecule has 118 valence electrons. The summed E-state index contributed by atoms with van der Waals surface area (Å²) in [6.45, 7) is 12.2. The summed E-state index contributed by atoms with van der Waals surface area (Å²) in [6, 6.07) is 4.44. The number of benzene rings is 1. The lowest BCUT2D eigenvalue weighted by molar-refractivity contribution is 0.0698. The van der Waals surface area contributed by atoms with Crippen molar-refractivity contribution in [2.75, 3.05) is 24.1 Å². The predicted molar refractivity (Wildman–Crippen MR) is 88.0 cm³/mol. The van der Waals surface area contributed by atoms with Crippen LogP contribution in [0.4, 0.5) is 11.4 Å². The Labute approximate surface area is 127 Å². The molecular formula is C16H27N3O2. The highest BCUT2D eigenvalue weighted by Crippen LogP contribution is 2.22. The Morgan fingerprint density at radius 1 is 1.29 bits per heavy atom. The van der Waals surface area contributed by atoms with E-state index in [1.54, 1.807) is 6.07 Å². The number of carbonyl (C=O) groups is 1. The fraction of sp³-hybridized carbons (Fsp3) is 0.562. The Bertz CT molecular complexity index is 491. The second kappa shape index (κ2) is 7.31. The summed E-state index contributed by atoms with van der Waals surface area (Å²) in [4.78, 5) is 13.6. The number of nitrogens with two attached hydrogens (primary N) is 1. The first-order valence-electron chi connectivity index (χ1n) is 7.37. The van der Waals surface area contributed by atoms with Crippen molar-refractivity contribution in [3.63, 3.8) is 0 Å². The van der Waals surface area contributed by atoms with E-state index in [0.717, 1.165) is 24.3 Å². The van der Waals surface area contributed by atoms with Gasteiger partial charge < -0.3 is 16.2 Å². The third kappa shape index (κ3) is 4.63. The Morgan fingerprint density at radius 3 is 2.33 bits per heavy atom. The molecule has 0 atom stereocenters. The van der Waals surface area contributed by atoms with Crippen molar-refractivity contribution in [2.45, 2.75) is 46.7 Å². The van der Waals surface area contributed by atoms with E-state index in [1.807, 2.05) is 13.0 Å². The van der Waals surface area contributed by atoms with E-state index in [0.29, 0.717) is 17.8 Å². The number of nitrogen functional groups attached to an aromatic ring is 1. The van der Waals surface area contributed by atoms with Crippen molar-refractivity contribution in [3.05, 3.63) is 23.3 Å². The fourth-order valence-electron chi connectivity index (χ4n) is 2.52. The molecule has 1 aromatic carbocycles. The van der Waals surface area contributed by atoms with Crippen molar-refractivity contribution in [1.29, 1.82) is 0 Å². The molecule has 1 rings (SSSR count). The summed E-state index contributed by atoms with van der Waals surface area (Å²) in [7, 11) is 0. The van der Waals surface area contributed by atoms with Crippen LogP contribution >= 0.6 is 0 Å². The molecule has 0 saturated heterocycles. The SMILES string of the molecule is Cc1cc(NCCN(C(C)C)C(C)C)cc(C(=O)O)c1N. The molecule has 0 aliphatic carbocycles. The summed E-state index contributed by atoms with van der Waals surface area (Å²) in [6.07, 6.45) is 0. The van der Waals surface area contributed by atoms with E-state index in [-0.39, 0.29) is 5.56 Å². The highest BCUT2D eigenvalue weighted by atomic mass is 16.4. The molecule has 0 aliphatic rings. The van der Waals surface area contributed by atoms with E-state index < -0.39 is 5.97 Å². The molecule has 4 N–H and O–H groups in total. The topological polar surface area (TPSA) is 78.6 Å². The molecule has 0 bridgehead atoms. The molecule has 0 spiro atoms. The van der Waals surface area contributed by atoms with E-state index >= 15 is 0 Å². The highest BCUT2D eigenvalue weighted by molar-refractivity contribution is 5.95. The molecule has 1 aromatic rings. The number of aromatic carboxylic acids is 1. The molecule has 0 fully saturated rings. The maximum absolute atomic E-state index is 11.2. The lowest BCUT2D eigenvalue weighted by Gasteiger charge is -2.30. The first-order chi connectivity index (χ1) is 9.73. The molecule has 0 aliphatic heterocycles. The maximum atomic E-state index is 11.2. The Hall–Kier alpha value is -1.75. The van der Waals surface area contributed by atoms with Crippen molar-refractivity contribution in [3.8, 4) is 0 Å². The predicted octanol–water partition coefficient (Wildman–Crippen LogP) is 2.81. The van der Waals surface area contributed by atoms with Gasteiger partial charge in [0.05, 0.1) is 5.56 Å². The summed E-state index contributed by atoms with van der Waals surface area (Å²) >= 11 is 0. The molecule has 0 saturated carbocycles. The van der Waals surface area contributed by atoms with Crippen LogP contribution in [-0.2, 0) is 0 Å². The van der Waals surface area contributed by atoms with Crippen LogP contribution in [0.1, 0.15) is 43.6 Å². The van der Waals surface area contributed by atoms with E-state index in [1.165, 1.54) is 0 Å². The average Bonchev–Trinajstić information content (AvgIpc) is 2.37. The Kier molecular flexibility index (Phi) is 6.03. The summed E-state index contributed by atoms with van der Waals surface area (Å²) in [5, 5.41) is 12.4. The van der Waals surface area contributed by atoms with Gasteiger partial charge in [0.25, 0.3) is 0 Å². The highest BCUT2D eigenvalue weighted by Gasteiger charge is 2.14. The summed E-state index contributed by atoms with van der Waals surface area (Å²) < 4.78 is 0. The fourth-order valence-corrected chi connectivity index (χ4v) is 2.52. The lowest BCUT2D eigenvalue weighted by Crippen LogP contribution is -2.40. The maximum Gasteiger partial charge on any atom is 0.337 e. The molecule has 5 heteroatoms. The molecule has 0 radical (unpaired) electrons. The van der Waals surface area contributed by atoms with Gasteiger partial charge in [-0.15, -0.1) is 0 Å². The Morgan fingerprint density at radius 2 is 1.86 bits per heavy atom. The quantitative estimate of drug-likeness (QED) is 0.674. The van der Waals surface area contributed by atoms with Gasteiger partial charge in [-0.1, -0.05) is 0 Å². The van der Waals surface area contributed by atoms with Gasteiger partial charge in [0.1, 0.15) is 0 Å². The first kappa shape index (κ1) is 17.3. The minimum Gasteiger partial charge on any atom is -0.478 e. The summed E-state index contributed by atoms with van der Waals surface area (Å²) in [5.41, 5.74) is 7.86. The second-order valence-electron chi connectivity index (χ2n) is 5.91. The van der Waals surface area contributed by atoms with Crippen LogP contribution in [0.25, 0.3) is 0 Å². The van der Waals surface area contributed by atoms with Gasteiger partial charge in [-0.05, 0) is 52.3 Å². The van der Waals surface area contributed by atoms with E-state index in [9.17, 15) is 4.79 Å². The zero-order chi connectivity index (χ0) is 16.2. The van der Waals surface area contributed by atoms with Crippen LogP contribution in [-0.4, -0.2) is 41.1 Å². The number of anilines is 2. The van der Waals surface area contributed by atoms with Crippen molar-refractivity contribution in [2.24, 2.45) is 0 Å². The third-order valence-corrected chi connectivity index (χ3v) is 3.64. The first-order valence-corrected chi connectivity index (χ1v) is 7.37. The Balaban J connectivity index is 2.74.